The molecule has 0 radical (unpaired) electrons. The second kappa shape index (κ2) is 8.20. The van der Waals surface area contributed by atoms with Crippen LogP contribution in [0.2, 0.25) is 0 Å². The van der Waals surface area contributed by atoms with E-state index in [1.807, 2.05) is 26.8 Å². The van der Waals surface area contributed by atoms with E-state index in [1.54, 1.807) is 6.92 Å². The molecule has 27 heavy (non-hydrogen) atoms. The van der Waals surface area contributed by atoms with E-state index < -0.39 is 29.4 Å². The third-order valence-electron chi connectivity index (χ3n) is 4.54. The van der Waals surface area contributed by atoms with Gasteiger partial charge in [-0.05, 0) is 38.5 Å². The highest BCUT2D eigenvalue weighted by molar-refractivity contribution is 6.27. The van der Waals surface area contributed by atoms with E-state index in [2.05, 4.69) is 0 Å². The zero-order valence-electron chi connectivity index (χ0n) is 15.9. The number of hydrogen-bond donors (Lipinski definition) is 2. The van der Waals surface area contributed by atoms with Crippen LogP contribution in [0.5, 0.6) is 11.5 Å². The first-order chi connectivity index (χ1) is 12.7. The number of fused-ring (bicyclic) bond motifs is 1. The van der Waals surface area contributed by atoms with Crippen LogP contribution in [0.3, 0.4) is 0 Å². The molecule has 1 aliphatic carbocycles. The van der Waals surface area contributed by atoms with Crippen LogP contribution >= 0.6 is 0 Å². The summed E-state index contributed by atoms with van der Waals surface area (Å²) in [5.74, 6) is -2.84. The number of Topliss-reactive ketones (excluding diaryl/α,β-unsaturated/α-hetero) is 1. The van der Waals surface area contributed by atoms with Crippen molar-refractivity contribution in [3.8, 4) is 11.5 Å². The first-order valence-electron chi connectivity index (χ1n) is 8.86. The van der Waals surface area contributed by atoms with Gasteiger partial charge >= 0.3 is 5.97 Å². The third-order valence-corrected chi connectivity index (χ3v) is 4.54. The number of phenolic OH excluding ortho intramolecular Hbond substituents is 2. The summed E-state index contributed by atoms with van der Waals surface area (Å²) in [5, 5.41) is 20.0. The molecule has 0 spiro atoms. The fourth-order valence-corrected chi connectivity index (χ4v) is 2.73. The first kappa shape index (κ1) is 20.4. The summed E-state index contributed by atoms with van der Waals surface area (Å²) < 4.78 is 5.53. The highest BCUT2D eigenvalue weighted by atomic mass is 16.5. The second-order valence-electron chi connectivity index (χ2n) is 6.90. The molecule has 1 aliphatic rings. The number of hydrogen-bond acceptors (Lipinski definition) is 6. The van der Waals surface area contributed by atoms with Crippen LogP contribution in [0.4, 0.5) is 0 Å². The van der Waals surface area contributed by atoms with E-state index in [0.717, 1.165) is 23.8 Å². The first-order valence-corrected chi connectivity index (χ1v) is 8.86. The zero-order valence-corrected chi connectivity index (χ0v) is 15.9. The summed E-state index contributed by atoms with van der Waals surface area (Å²) in [6.07, 6.45) is 2.75. The molecule has 1 aromatic rings. The van der Waals surface area contributed by atoms with Crippen molar-refractivity contribution in [2.75, 3.05) is 0 Å². The Hall–Kier alpha value is -2.89. The van der Waals surface area contributed by atoms with Crippen molar-refractivity contribution >= 4 is 17.5 Å². The van der Waals surface area contributed by atoms with Gasteiger partial charge in [0.15, 0.2) is 11.6 Å². The average Bonchev–Trinajstić information content (AvgIpc) is 2.62. The molecular formula is C21H24O6. The molecule has 2 N–H and O–H groups in total. The molecule has 0 aromatic heterocycles. The standard InChI is InChI=1S/C21H24O6/c1-5-12(4)21(26)27-17(9-6-11(2)3)13-10-16(24)18-14(22)7-8-15(23)19(18)20(13)25/h6-8,10,12,17,22-23H,5,9H2,1-4H3/t12-,17+/m0/s1. The summed E-state index contributed by atoms with van der Waals surface area (Å²) in [6.45, 7) is 7.31. The Morgan fingerprint density at radius 1 is 1.15 bits per heavy atom. The maximum absolute atomic E-state index is 12.9. The molecule has 0 heterocycles. The average molecular weight is 372 g/mol. The summed E-state index contributed by atoms with van der Waals surface area (Å²) >= 11 is 0. The number of rotatable bonds is 6. The maximum Gasteiger partial charge on any atom is 0.309 e. The lowest BCUT2D eigenvalue weighted by Crippen LogP contribution is -2.30. The van der Waals surface area contributed by atoms with Crippen molar-refractivity contribution in [2.24, 2.45) is 5.92 Å². The van der Waals surface area contributed by atoms with E-state index >= 15 is 0 Å². The van der Waals surface area contributed by atoms with Crippen LogP contribution in [0, 0.1) is 5.92 Å². The number of benzene rings is 1. The number of aromatic hydroxyl groups is 2. The van der Waals surface area contributed by atoms with E-state index in [9.17, 15) is 24.6 Å². The van der Waals surface area contributed by atoms with E-state index in [-0.39, 0.29) is 34.8 Å². The van der Waals surface area contributed by atoms with Crippen LogP contribution < -0.4 is 0 Å². The van der Waals surface area contributed by atoms with Crippen LogP contribution in [-0.2, 0) is 9.53 Å². The zero-order chi connectivity index (χ0) is 20.3. The topological polar surface area (TPSA) is 101 Å². The third kappa shape index (κ3) is 4.27. The predicted molar refractivity (Wildman–Crippen MR) is 99.9 cm³/mol. The fourth-order valence-electron chi connectivity index (χ4n) is 2.73. The van der Waals surface area contributed by atoms with Gasteiger partial charge in [-0.2, -0.15) is 0 Å². The molecule has 0 bridgehead atoms. The number of ketones is 2. The molecule has 2 rings (SSSR count). The van der Waals surface area contributed by atoms with Crippen molar-refractivity contribution in [1.82, 2.24) is 0 Å². The SMILES string of the molecule is CC[C@H](C)C(=O)O[C@H](CC=C(C)C)C1=CC(=O)c2c(O)ccc(O)c2C1=O. The Morgan fingerprint density at radius 3 is 2.30 bits per heavy atom. The summed E-state index contributed by atoms with van der Waals surface area (Å²) in [5.41, 5.74) is 0.454. The minimum atomic E-state index is -0.951. The van der Waals surface area contributed by atoms with Crippen molar-refractivity contribution in [1.29, 1.82) is 0 Å². The second-order valence-corrected chi connectivity index (χ2v) is 6.90. The predicted octanol–water partition coefficient (Wildman–Crippen LogP) is 3.72. The molecule has 144 valence electrons. The summed E-state index contributed by atoms with van der Waals surface area (Å²) in [4.78, 5) is 37.7. The van der Waals surface area contributed by atoms with Crippen molar-refractivity contribution in [2.45, 2.75) is 46.6 Å². The molecule has 0 unspecified atom stereocenters. The Kier molecular flexibility index (Phi) is 6.20. The van der Waals surface area contributed by atoms with Crippen LogP contribution in [0.1, 0.15) is 61.3 Å². The van der Waals surface area contributed by atoms with Crippen LogP contribution in [0.25, 0.3) is 0 Å². The number of carbonyl (C=O) groups is 3. The van der Waals surface area contributed by atoms with Gasteiger partial charge in [-0.15, -0.1) is 0 Å². The lowest BCUT2D eigenvalue weighted by molar-refractivity contribution is -0.151. The van der Waals surface area contributed by atoms with Crippen LogP contribution in [0.15, 0.2) is 35.4 Å². The Labute approximate surface area is 158 Å². The largest absolute Gasteiger partial charge is 0.507 e. The molecule has 2 atom stereocenters. The van der Waals surface area contributed by atoms with E-state index in [4.69, 9.17) is 4.74 Å². The van der Waals surface area contributed by atoms with E-state index in [0.29, 0.717) is 6.42 Å². The van der Waals surface area contributed by atoms with Crippen molar-refractivity contribution in [3.05, 3.63) is 46.6 Å². The quantitative estimate of drug-likeness (QED) is 0.448. The number of esters is 1. The number of carbonyl (C=O) groups excluding carboxylic acids is 3. The molecule has 0 saturated carbocycles. The van der Waals surface area contributed by atoms with Gasteiger partial charge in [-0.25, -0.2) is 0 Å². The molecule has 0 aliphatic heterocycles. The number of allylic oxidation sites excluding steroid dienone is 2. The summed E-state index contributed by atoms with van der Waals surface area (Å²) in [6, 6.07) is 2.31. The molecule has 1 aromatic carbocycles. The lowest BCUT2D eigenvalue weighted by atomic mass is 9.85. The summed E-state index contributed by atoms with van der Waals surface area (Å²) in [7, 11) is 0. The molecule has 6 nitrogen and oxygen atoms in total. The molecule has 0 saturated heterocycles. The Bertz CT molecular complexity index is 842. The van der Waals surface area contributed by atoms with Crippen molar-refractivity contribution < 1.29 is 29.3 Å². The fraction of sp³-hybridized carbons (Fsp3) is 0.381. The minimum Gasteiger partial charge on any atom is -0.507 e. The number of phenols is 2. The number of ether oxygens (including phenoxy) is 1. The Morgan fingerprint density at radius 2 is 1.74 bits per heavy atom. The highest BCUT2D eigenvalue weighted by Gasteiger charge is 2.36. The van der Waals surface area contributed by atoms with E-state index in [1.165, 1.54) is 0 Å². The van der Waals surface area contributed by atoms with Gasteiger partial charge in [0.2, 0.25) is 0 Å². The highest BCUT2D eigenvalue weighted by Crippen LogP contribution is 2.36. The van der Waals surface area contributed by atoms with Crippen LogP contribution in [-0.4, -0.2) is 33.9 Å². The Balaban J connectivity index is 2.48. The molecule has 0 amide bonds. The van der Waals surface area contributed by atoms with Gasteiger partial charge in [-0.3, -0.25) is 14.4 Å². The van der Waals surface area contributed by atoms with Gasteiger partial charge in [0, 0.05) is 12.0 Å². The molecule has 6 heteroatoms. The van der Waals surface area contributed by atoms with Gasteiger partial charge in [0.05, 0.1) is 17.0 Å². The van der Waals surface area contributed by atoms with Gasteiger partial charge in [0.1, 0.15) is 17.6 Å². The van der Waals surface area contributed by atoms with Gasteiger partial charge < -0.3 is 14.9 Å². The smallest absolute Gasteiger partial charge is 0.309 e. The molecular weight excluding hydrogens is 348 g/mol. The minimum absolute atomic E-state index is 0.0115. The normalized spacial score (nSPS) is 15.5. The lowest BCUT2D eigenvalue weighted by Gasteiger charge is -2.24. The van der Waals surface area contributed by atoms with Gasteiger partial charge in [0.25, 0.3) is 0 Å². The van der Waals surface area contributed by atoms with Crippen molar-refractivity contribution in [3.63, 3.8) is 0 Å². The monoisotopic (exact) mass is 372 g/mol. The van der Waals surface area contributed by atoms with Gasteiger partial charge in [-0.1, -0.05) is 25.5 Å². The maximum atomic E-state index is 12.9. The molecule has 0 fully saturated rings.